The highest BCUT2D eigenvalue weighted by Gasteiger charge is 2.34. The molecular weight excluding hydrogens is 330 g/mol. The van der Waals surface area contributed by atoms with E-state index >= 15 is 0 Å². The molecule has 3 heterocycles. The molecule has 1 aliphatic rings. The molecule has 0 amide bonds. The van der Waals surface area contributed by atoms with Crippen molar-refractivity contribution in [1.29, 1.82) is 0 Å². The zero-order chi connectivity index (χ0) is 17.5. The fraction of sp³-hybridized carbons (Fsp3) is 0.600. The quantitative estimate of drug-likeness (QED) is 0.808. The van der Waals surface area contributed by atoms with Crippen molar-refractivity contribution in [3.05, 3.63) is 29.6 Å². The Balaban J connectivity index is 2.03. The number of sulfonamides is 1. The number of aryl methyl sites for hydroxylation is 2. The molecule has 3 rings (SSSR count). The summed E-state index contributed by atoms with van der Waals surface area (Å²) in [7, 11) is -0.255. The lowest BCUT2D eigenvalue weighted by molar-refractivity contribution is 0.134. The predicted octanol–water partition coefficient (Wildman–Crippen LogP) is 0.701. The smallest absolute Gasteiger partial charge is 0.247 e. The zero-order valence-electron chi connectivity index (χ0n) is 14.4. The normalized spacial score (nSPS) is 19.2. The van der Waals surface area contributed by atoms with Crippen molar-refractivity contribution in [2.45, 2.75) is 31.8 Å². The van der Waals surface area contributed by atoms with Crippen LogP contribution in [0.4, 0.5) is 0 Å². The number of ether oxygens (including phenoxy) is 1. The molecule has 0 aromatic carbocycles. The lowest BCUT2D eigenvalue weighted by atomic mass is 10.1. The summed E-state index contributed by atoms with van der Waals surface area (Å²) in [5.74, 6) is 0.0671. The largest absolute Gasteiger partial charge is 0.384 e. The van der Waals surface area contributed by atoms with Gasteiger partial charge in [0.05, 0.1) is 36.6 Å². The summed E-state index contributed by atoms with van der Waals surface area (Å²) in [6.45, 7) is 5.41. The van der Waals surface area contributed by atoms with Crippen molar-refractivity contribution in [3.63, 3.8) is 0 Å². The number of nitrogens with zero attached hydrogens (tertiary/aromatic N) is 5. The van der Waals surface area contributed by atoms with Crippen molar-refractivity contribution in [1.82, 2.24) is 23.6 Å². The Morgan fingerprint density at radius 1 is 1.33 bits per heavy atom. The third-order valence-electron chi connectivity index (χ3n) is 4.50. The van der Waals surface area contributed by atoms with Gasteiger partial charge in [-0.1, -0.05) is 0 Å². The maximum Gasteiger partial charge on any atom is 0.247 e. The van der Waals surface area contributed by atoms with E-state index in [4.69, 9.17) is 4.74 Å². The van der Waals surface area contributed by atoms with Gasteiger partial charge in [-0.25, -0.2) is 13.4 Å². The molecule has 0 aliphatic carbocycles. The topological polar surface area (TPSA) is 82.2 Å². The van der Waals surface area contributed by atoms with E-state index in [1.165, 1.54) is 4.31 Å². The molecule has 0 fully saturated rings. The van der Waals surface area contributed by atoms with Gasteiger partial charge in [0.2, 0.25) is 10.0 Å². The SMILES string of the molecule is COCC1CN(S(=O)(=O)c2c(C)nn(C)c2C)Cc2cncn2C1. The molecule has 0 N–H and O–H groups in total. The highest BCUT2D eigenvalue weighted by Crippen LogP contribution is 2.27. The van der Waals surface area contributed by atoms with E-state index in [9.17, 15) is 8.42 Å². The van der Waals surface area contributed by atoms with Crippen LogP contribution < -0.4 is 0 Å². The van der Waals surface area contributed by atoms with Crippen LogP contribution in [-0.4, -0.2) is 52.3 Å². The maximum atomic E-state index is 13.3. The number of rotatable bonds is 4. The second-order valence-corrected chi connectivity index (χ2v) is 8.15. The van der Waals surface area contributed by atoms with Crippen molar-refractivity contribution >= 4 is 10.0 Å². The summed E-state index contributed by atoms with van der Waals surface area (Å²) in [5.41, 5.74) is 2.06. The van der Waals surface area contributed by atoms with Crippen LogP contribution in [0.15, 0.2) is 17.4 Å². The number of aromatic nitrogens is 4. The van der Waals surface area contributed by atoms with Gasteiger partial charge in [-0.15, -0.1) is 0 Å². The third kappa shape index (κ3) is 2.87. The molecule has 0 saturated heterocycles. The lowest BCUT2D eigenvalue weighted by Crippen LogP contribution is -2.35. The van der Waals surface area contributed by atoms with E-state index in [0.717, 1.165) is 5.69 Å². The summed E-state index contributed by atoms with van der Waals surface area (Å²) in [4.78, 5) is 4.45. The van der Waals surface area contributed by atoms with E-state index in [0.29, 0.717) is 42.5 Å². The summed E-state index contributed by atoms with van der Waals surface area (Å²) < 4.78 is 37.0. The minimum Gasteiger partial charge on any atom is -0.384 e. The molecule has 132 valence electrons. The summed E-state index contributed by atoms with van der Waals surface area (Å²) in [6, 6.07) is 0. The van der Waals surface area contributed by atoms with Gasteiger partial charge in [-0.05, 0) is 13.8 Å². The molecule has 1 aliphatic heterocycles. The predicted molar refractivity (Wildman–Crippen MR) is 87.9 cm³/mol. The average Bonchev–Trinajstić information content (AvgIpc) is 2.98. The Labute approximate surface area is 142 Å². The number of fused-ring (bicyclic) bond motifs is 1. The molecule has 0 radical (unpaired) electrons. The van der Waals surface area contributed by atoms with Gasteiger partial charge in [-0.3, -0.25) is 4.68 Å². The van der Waals surface area contributed by atoms with E-state index < -0.39 is 10.0 Å². The van der Waals surface area contributed by atoms with Crippen LogP contribution in [0.1, 0.15) is 17.1 Å². The van der Waals surface area contributed by atoms with Crippen LogP contribution >= 0.6 is 0 Å². The Kier molecular flexibility index (Phi) is 4.50. The molecule has 1 unspecified atom stereocenters. The van der Waals surface area contributed by atoms with E-state index in [2.05, 4.69) is 10.1 Å². The van der Waals surface area contributed by atoms with Gasteiger partial charge in [0.1, 0.15) is 4.90 Å². The molecule has 9 heteroatoms. The minimum absolute atomic E-state index is 0.0671. The fourth-order valence-corrected chi connectivity index (χ4v) is 5.18. The first kappa shape index (κ1) is 17.1. The van der Waals surface area contributed by atoms with Crippen LogP contribution in [0.5, 0.6) is 0 Å². The Hall–Kier alpha value is -1.71. The molecular formula is C15H23N5O3S. The Morgan fingerprint density at radius 3 is 2.71 bits per heavy atom. The zero-order valence-corrected chi connectivity index (χ0v) is 15.2. The first-order valence-corrected chi connectivity index (χ1v) is 9.27. The molecule has 2 aromatic rings. The van der Waals surface area contributed by atoms with Crippen LogP contribution in [0.3, 0.4) is 0 Å². The lowest BCUT2D eigenvalue weighted by Gasteiger charge is -2.23. The van der Waals surface area contributed by atoms with Gasteiger partial charge >= 0.3 is 0 Å². The van der Waals surface area contributed by atoms with Gasteiger partial charge in [0.15, 0.2) is 0 Å². The monoisotopic (exact) mass is 353 g/mol. The second-order valence-electron chi connectivity index (χ2n) is 6.28. The standard InChI is InChI=1S/C15H23N5O3S/c1-11-15(12(2)18(3)17-11)24(21,22)20-7-13(9-23-4)6-19-10-16-5-14(19)8-20/h5,10,13H,6-9H2,1-4H3. The molecule has 0 spiro atoms. The Bertz CT molecular complexity index is 839. The highest BCUT2D eigenvalue weighted by atomic mass is 32.2. The van der Waals surface area contributed by atoms with Crippen molar-refractivity contribution in [3.8, 4) is 0 Å². The summed E-state index contributed by atoms with van der Waals surface area (Å²) in [5, 5.41) is 4.25. The second kappa shape index (κ2) is 6.30. The fourth-order valence-electron chi connectivity index (χ4n) is 3.29. The molecule has 0 bridgehead atoms. The van der Waals surface area contributed by atoms with Crippen LogP contribution in [-0.2, 0) is 34.9 Å². The van der Waals surface area contributed by atoms with E-state index in [1.54, 1.807) is 45.2 Å². The van der Waals surface area contributed by atoms with Gasteiger partial charge in [0, 0.05) is 39.4 Å². The molecule has 0 saturated carbocycles. The summed E-state index contributed by atoms with van der Waals surface area (Å²) in [6.07, 6.45) is 3.47. The Morgan fingerprint density at radius 2 is 2.08 bits per heavy atom. The average molecular weight is 353 g/mol. The van der Waals surface area contributed by atoms with E-state index in [1.807, 2.05) is 4.57 Å². The van der Waals surface area contributed by atoms with Crippen LogP contribution in [0.25, 0.3) is 0 Å². The van der Waals surface area contributed by atoms with Crippen LogP contribution in [0, 0.1) is 19.8 Å². The minimum atomic E-state index is -3.64. The van der Waals surface area contributed by atoms with Crippen molar-refractivity contribution in [2.24, 2.45) is 13.0 Å². The molecule has 24 heavy (non-hydrogen) atoms. The third-order valence-corrected chi connectivity index (χ3v) is 6.56. The van der Waals surface area contributed by atoms with Crippen molar-refractivity contribution < 1.29 is 13.2 Å². The highest BCUT2D eigenvalue weighted by molar-refractivity contribution is 7.89. The van der Waals surface area contributed by atoms with Crippen molar-refractivity contribution in [2.75, 3.05) is 20.3 Å². The first-order valence-electron chi connectivity index (χ1n) is 7.83. The van der Waals surface area contributed by atoms with E-state index in [-0.39, 0.29) is 5.92 Å². The van der Waals surface area contributed by atoms with Gasteiger partial charge in [-0.2, -0.15) is 9.40 Å². The first-order chi connectivity index (χ1) is 11.3. The number of methoxy groups -OCH3 is 1. The number of hydrogen-bond acceptors (Lipinski definition) is 5. The number of hydrogen-bond donors (Lipinski definition) is 0. The molecule has 1 atom stereocenters. The van der Waals surface area contributed by atoms with Crippen LogP contribution in [0.2, 0.25) is 0 Å². The van der Waals surface area contributed by atoms with Gasteiger partial charge < -0.3 is 9.30 Å². The maximum absolute atomic E-state index is 13.3. The molecule has 2 aromatic heterocycles. The summed E-state index contributed by atoms with van der Waals surface area (Å²) >= 11 is 0. The van der Waals surface area contributed by atoms with Gasteiger partial charge in [0.25, 0.3) is 0 Å². The molecule has 8 nitrogen and oxygen atoms in total. The number of imidazole rings is 1.